The van der Waals surface area contributed by atoms with Crippen LogP contribution in [0.2, 0.25) is 0 Å². The smallest absolute Gasteiger partial charge is 0.0986 e. The number of hydrogen-bond donors (Lipinski definition) is 1. The van der Waals surface area contributed by atoms with Crippen LogP contribution in [0.25, 0.3) is 32.7 Å². The van der Waals surface area contributed by atoms with Crippen molar-refractivity contribution in [2.75, 3.05) is 0 Å². The van der Waals surface area contributed by atoms with E-state index in [-0.39, 0.29) is 0 Å². The topological polar surface area (TPSA) is 53.9 Å². The lowest BCUT2D eigenvalue weighted by Crippen LogP contribution is -2.00. The highest BCUT2D eigenvalue weighted by molar-refractivity contribution is 9.10. The van der Waals surface area contributed by atoms with E-state index >= 15 is 0 Å². The Kier molecular flexibility index (Phi) is 3.05. The molecule has 0 saturated heterocycles. The summed E-state index contributed by atoms with van der Waals surface area (Å²) < 4.78 is 1.07. The highest BCUT2D eigenvalue weighted by Gasteiger charge is 2.24. The first kappa shape index (κ1) is 15.1. The Morgan fingerprint density at radius 2 is 1.67 bits per heavy atom. The van der Waals surface area contributed by atoms with Crippen LogP contribution in [0.15, 0.2) is 70.5 Å². The van der Waals surface area contributed by atoms with Gasteiger partial charge in [-0.25, -0.2) is 0 Å². The Hall–Kier alpha value is -3.05. The second-order valence-corrected chi connectivity index (χ2v) is 7.67. The molecule has 0 bridgehead atoms. The monoisotopic (exact) mass is 412 g/mol. The number of benzene rings is 2. The molecule has 3 aromatic heterocycles. The maximum absolute atomic E-state index is 5.07. The van der Waals surface area contributed by atoms with Crippen molar-refractivity contribution >= 4 is 60.0 Å². The molecule has 0 unspecified atom stereocenters. The normalized spacial score (nSPS) is 13.4. The van der Waals surface area contributed by atoms with Gasteiger partial charge in [-0.15, -0.1) is 0 Å². The molecule has 4 nitrogen and oxygen atoms in total. The average molecular weight is 413 g/mol. The van der Waals surface area contributed by atoms with Crippen LogP contribution in [0, 0.1) is 0 Å². The fourth-order valence-electron chi connectivity index (χ4n) is 4.05. The van der Waals surface area contributed by atoms with Gasteiger partial charge in [-0.05, 0) is 42.0 Å². The van der Waals surface area contributed by atoms with E-state index in [1.54, 1.807) is 0 Å². The number of pyridine rings is 2. The third-order valence-corrected chi connectivity index (χ3v) is 5.74. The van der Waals surface area contributed by atoms with Crippen LogP contribution in [0.3, 0.4) is 0 Å². The SMILES string of the molecule is Brc1ccc2[nH]cc(C3=Nc4c(c5cccnc5c5ncccc45)C3)c2c1. The maximum Gasteiger partial charge on any atom is 0.0986 e. The number of fused-ring (bicyclic) bond motifs is 7. The van der Waals surface area contributed by atoms with Crippen molar-refractivity contribution in [3.8, 4) is 0 Å². The van der Waals surface area contributed by atoms with Gasteiger partial charge in [-0.3, -0.25) is 15.0 Å². The summed E-state index contributed by atoms with van der Waals surface area (Å²) in [6, 6.07) is 14.4. The molecular formula is C22H13BrN4. The Balaban J connectivity index is 1.65. The van der Waals surface area contributed by atoms with Gasteiger partial charge in [0.25, 0.3) is 0 Å². The summed E-state index contributed by atoms with van der Waals surface area (Å²) in [6.45, 7) is 0. The molecule has 2 aromatic carbocycles. The first-order valence-electron chi connectivity index (χ1n) is 8.78. The van der Waals surface area contributed by atoms with Gasteiger partial charge in [0.1, 0.15) is 0 Å². The van der Waals surface area contributed by atoms with Crippen LogP contribution in [-0.2, 0) is 6.42 Å². The number of halogens is 1. The lowest BCUT2D eigenvalue weighted by molar-refractivity contribution is 1.35. The van der Waals surface area contributed by atoms with Crippen molar-refractivity contribution in [2.24, 2.45) is 4.99 Å². The summed E-state index contributed by atoms with van der Waals surface area (Å²) in [5, 5.41) is 3.38. The van der Waals surface area contributed by atoms with Crippen molar-refractivity contribution in [1.29, 1.82) is 0 Å². The van der Waals surface area contributed by atoms with E-state index < -0.39 is 0 Å². The zero-order valence-electron chi connectivity index (χ0n) is 14.2. The predicted octanol–water partition coefficient (Wildman–Crippen LogP) is 5.70. The molecule has 5 aromatic rings. The van der Waals surface area contributed by atoms with Gasteiger partial charge in [0.15, 0.2) is 0 Å². The average Bonchev–Trinajstić information content (AvgIpc) is 3.32. The number of H-pyrrole nitrogens is 1. The number of aromatic amines is 1. The van der Waals surface area contributed by atoms with Gasteiger partial charge in [0, 0.05) is 56.7 Å². The quantitative estimate of drug-likeness (QED) is 0.358. The highest BCUT2D eigenvalue weighted by Crippen LogP contribution is 2.41. The number of aliphatic imine (C=N–C) groups is 1. The minimum absolute atomic E-state index is 0.793. The molecule has 0 amide bonds. The number of aromatic nitrogens is 3. The van der Waals surface area contributed by atoms with E-state index in [9.17, 15) is 0 Å². The lowest BCUT2D eigenvalue weighted by atomic mass is 9.98. The molecule has 0 fully saturated rings. The van der Waals surface area contributed by atoms with Gasteiger partial charge in [0.2, 0.25) is 0 Å². The number of nitrogens with zero attached hydrogens (tertiary/aromatic N) is 3. The zero-order valence-corrected chi connectivity index (χ0v) is 15.8. The molecule has 5 heteroatoms. The third kappa shape index (κ3) is 2.12. The molecular weight excluding hydrogens is 400 g/mol. The highest BCUT2D eigenvalue weighted by atomic mass is 79.9. The number of hydrogen-bond acceptors (Lipinski definition) is 3. The minimum atomic E-state index is 0.793. The van der Waals surface area contributed by atoms with E-state index in [4.69, 9.17) is 4.99 Å². The van der Waals surface area contributed by atoms with Crippen molar-refractivity contribution < 1.29 is 0 Å². The molecule has 128 valence electrons. The van der Waals surface area contributed by atoms with Crippen LogP contribution in [0.1, 0.15) is 11.1 Å². The fraction of sp³-hybridized carbons (Fsp3) is 0.0455. The lowest BCUT2D eigenvalue weighted by Gasteiger charge is -2.08. The van der Waals surface area contributed by atoms with Gasteiger partial charge in [-0.2, -0.15) is 0 Å². The summed E-state index contributed by atoms with van der Waals surface area (Å²) in [4.78, 5) is 17.6. The van der Waals surface area contributed by atoms with Gasteiger partial charge in [0.05, 0.1) is 22.4 Å². The molecule has 0 atom stereocenters. The molecule has 1 aliphatic heterocycles. The van der Waals surface area contributed by atoms with Crippen molar-refractivity contribution in [3.63, 3.8) is 0 Å². The summed E-state index contributed by atoms with van der Waals surface area (Å²) >= 11 is 3.58. The van der Waals surface area contributed by atoms with Crippen molar-refractivity contribution in [3.05, 3.63) is 76.7 Å². The molecule has 4 heterocycles. The summed E-state index contributed by atoms with van der Waals surface area (Å²) in [7, 11) is 0. The molecule has 6 rings (SSSR count). The van der Waals surface area contributed by atoms with E-state index in [0.717, 1.165) is 55.2 Å². The molecule has 1 N–H and O–H groups in total. The number of nitrogens with one attached hydrogen (secondary N) is 1. The summed E-state index contributed by atoms with van der Waals surface area (Å²) in [6.07, 6.45) is 6.50. The summed E-state index contributed by atoms with van der Waals surface area (Å²) in [5.74, 6) is 0. The van der Waals surface area contributed by atoms with Gasteiger partial charge in [-0.1, -0.05) is 22.0 Å². The fourth-order valence-corrected chi connectivity index (χ4v) is 4.41. The standard InChI is InChI=1S/C22H13BrN4/c23-12-5-6-18-15(9-12)17(11-26-18)19-10-16-13-3-1-7-24-21(13)22-14(20(16)27-19)4-2-8-25-22/h1-9,11,26H,10H2. The zero-order chi connectivity index (χ0) is 18.0. The first-order valence-corrected chi connectivity index (χ1v) is 9.58. The summed E-state index contributed by atoms with van der Waals surface area (Å²) in [5.41, 5.74) is 7.47. The molecule has 27 heavy (non-hydrogen) atoms. The molecule has 0 saturated carbocycles. The van der Waals surface area contributed by atoms with E-state index in [1.165, 1.54) is 10.9 Å². The minimum Gasteiger partial charge on any atom is -0.360 e. The van der Waals surface area contributed by atoms with Crippen molar-refractivity contribution in [1.82, 2.24) is 15.0 Å². The van der Waals surface area contributed by atoms with Crippen LogP contribution in [-0.4, -0.2) is 20.7 Å². The van der Waals surface area contributed by atoms with E-state index in [1.807, 2.05) is 30.6 Å². The van der Waals surface area contributed by atoms with Crippen LogP contribution >= 0.6 is 15.9 Å². The number of rotatable bonds is 1. The maximum atomic E-state index is 5.07. The van der Waals surface area contributed by atoms with Gasteiger partial charge >= 0.3 is 0 Å². The predicted molar refractivity (Wildman–Crippen MR) is 113 cm³/mol. The molecule has 0 radical (unpaired) electrons. The third-order valence-electron chi connectivity index (χ3n) is 5.25. The van der Waals surface area contributed by atoms with E-state index in [2.05, 4.69) is 61.3 Å². The van der Waals surface area contributed by atoms with E-state index in [0.29, 0.717) is 0 Å². The Morgan fingerprint density at radius 3 is 2.52 bits per heavy atom. The molecule has 1 aliphatic rings. The van der Waals surface area contributed by atoms with Crippen LogP contribution < -0.4 is 0 Å². The Labute approximate surface area is 163 Å². The van der Waals surface area contributed by atoms with Crippen molar-refractivity contribution in [2.45, 2.75) is 6.42 Å². The largest absolute Gasteiger partial charge is 0.360 e. The van der Waals surface area contributed by atoms with Gasteiger partial charge < -0.3 is 4.98 Å². The van der Waals surface area contributed by atoms with Crippen LogP contribution in [0.5, 0.6) is 0 Å². The first-order chi connectivity index (χ1) is 13.3. The Morgan fingerprint density at radius 1 is 0.889 bits per heavy atom. The van der Waals surface area contributed by atoms with Crippen LogP contribution in [0.4, 0.5) is 5.69 Å². The molecule has 0 spiro atoms. The Bertz CT molecular complexity index is 1410. The second-order valence-electron chi connectivity index (χ2n) is 6.75. The molecule has 0 aliphatic carbocycles. The second kappa shape index (κ2) is 5.47.